The fourth-order valence-electron chi connectivity index (χ4n) is 2.00. The van der Waals surface area contributed by atoms with E-state index in [-0.39, 0.29) is 34.0 Å². The summed E-state index contributed by atoms with van der Waals surface area (Å²) >= 11 is -0.0119. The highest BCUT2D eigenvalue weighted by molar-refractivity contribution is 7.99. The average Bonchev–Trinajstić information content (AvgIpc) is 2.54. The topological polar surface area (TPSA) is 0 Å². The number of halogens is 6. The highest BCUT2D eigenvalue weighted by atomic mass is 32.2. The number of hydrogen-bond donors (Lipinski definition) is 0. The van der Waals surface area contributed by atoms with E-state index in [1.165, 1.54) is 27.7 Å². The van der Waals surface area contributed by atoms with Crippen molar-refractivity contribution in [3.8, 4) is 0 Å². The molecule has 0 nitrogen and oxygen atoms in total. The van der Waals surface area contributed by atoms with Gasteiger partial charge in [0, 0.05) is 0 Å². The van der Waals surface area contributed by atoms with E-state index in [0.717, 1.165) is 0 Å². The van der Waals surface area contributed by atoms with Crippen molar-refractivity contribution in [1.29, 1.82) is 0 Å². The van der Waals surface area contributed by atoms with Crippen LogP contribution in [-0.2, 0) is 0 Å². The lowest BCUT2D eigenvalue weighted by Crippen LogP contribution is -2.04. The predicted molar refractivity (Wildman–Crippen MR) is 75.7 cm³/mol. The van der Waals surface area contributed by atoms with Crippen LogP contribution in [0.25, 0.3) is 0 Å². The third-order valence-electron chi connectivity index (χ3n) is 3.83. The molecule has 0 aliphatic rings. The summed E-state index contributed by atoms with van der Waals surface area (Å²) in [6.07, 6.45) is 0. The first-order valence-corrected chi connectivity index (χ1v) is 7.36. The molecule has 0 aliphatic heterocycles. The van der Waals surface area contributed by atoms with Crippen LogP contribution < -0.4 is 0 Å². The van der Waals surface area contributed by atoms with Crippen LogP contribution in [0, 0.1) is 62.6 Å². The Kier molecular flexibility index (Phi) is 4.71. The fraction of sp³-hybridized carbons (Fsp3) is 0.250. The summed E-state index contributed by atoms with van der Waals surface area (Å²) in [6, 6.07) is 0. The lowest BCUT2D eigenvalue weighted by atomic mass is 10.1. The van der Waals surface area contributed by atoms with Crippen molar-refractivity contribution in [2.24, 2.45) is 0 Å². The zero-order valence-corrected chi connectivity index (χ0v) is 13.5. The molecule has 0 spiro atoms. The molecule has 0 unspecified atom stereocenters. The van der Waals surface area contributed by atoms with Crippen molar-refractivity contribution < 1.29 is 26.3 Å². The summed E-state index contributed by atoms with van der Waals surface area (Å²) < 4.78 is 83.7. The molecular weight excluding hydrogens is 338 g/mol. The van der Waals surface area contributed by atoms with Gasteiger partial charge in [0.25, 0.3) is 0 Å². The maximum atomic E-state index is 14.2. The van der Waals surface area contributed by atoms with Gasteiger partial charge in [-0.15, -0.1) is 0 Å². The lowest BCUT2D eigenvalue weighted by Gasteiger charge is -2.14. The zero-order chi connectivity index (χ0) is 17.6. The minimum absolute atomic E-state index is 0.0119. The molecule has 23 heavy (non-hydrogen) atoms. The van der Waals surface area contributed by atoms with E-state index >= 15 is 0 Å². The van der Waals surface area contributed by atoms with Crippen molar-refractivity contribution in [3.05, 3.63) is 57.2 Å². The maximum Gasteiger partial charge on any atom is 0.175 e. The predicted octanol–water partition coefficient (Wildman–Crippen LogP) is 5.91. The van der Waals surface area contributed by atoms with E-state index in [1.807, 2.05) is 0 Å². The molecule has 0 bridgehead atoms. The number of hydrogen-bond acceptors (Lipinski definition) is 1. The summed E-state index contributed by atoms with van der Waals surface area (Å²) in [5, 5.41) is 0. The highest BCUT2D eigenvalue weighted by Gasteiger charge is 2.27. The van der Waals surface area contributed by atoms with Gasteiger partial charge in [-0.3, -0.25) is 0 Å². The number of benzene rings is 2. The third-order valence-corrected chi connectivity index (χ3v) is 4.95. The van der Waals surface area contributed by atoms with Crippen LogP contribution >= 0.6 is 11.8 Å². The molecule has 0 radical (unpaired) electrons. The molecule has 2 aromatic rings. The Bertz CT molecular complexity index is 688. The molecule has 7 heteroatoms. The normalized spacial score (nSPS) is 11.2. The van der Waals surface area contributed by atoms with Crippen LogP contribution in [0.1, 0.15) is 22.3 Å². The molecule has 0 amide bonds. The fourth-order valence-corrected chi connectivity index (χ4v) is 3.05. The van der Waals surface area contributed by atoms with Gasteiger partial charge >= 0.3 is 0 Å². The second-order valence-electron chi connectivity index (χ2n) is 5.14. The highest BCUT2D eigenvalue weighted by Crippen LogP contribution is 2.40. The van der Waals surface area contributed by atoms with Gasteiger partial charge in [0.05, 0.1) is 9.79 Å². The van der Waals surface area contributed by atoms with Crippen LogP contribution in [0.15, 0.2) is 9.79 Å². The smallest absolute Gasteiger partial charge is 0.175 e. The molecule has 124 valence electrons. The second-order valence-corrected chi connectivity index (χ2v) is 6.16. The molecule has 0 saturated heterocycles. The largest absolute Gasteiger partial charge is 0.205 e. The molecule has 0 atom stereocenters. The summed E-state index contributed by atoms with van der Waals surface area (Å²) in [4.78, 5) is -1.82. The van der Waals surface area contributed by atoms with Gasteiger partial charge < -0.3 is 0 Å². The van der Waals surface area contributed by atoms with Crippen molar-refractivity contribution >= 4 is 11.8 Å². The van der Waals surface area contributed by atoms with Gasteiger partial charge in [-0.1, -0.05) is 11.8 Å². The average molecular weight is 350 g/mol. The molecule has 2 rings (SSSR count). The summed E-state index contributed by atoms with van der Waals surface area (Å²) in [5.74, 6) is -8.01. The summed E-state index contributed by atoms with van der Waals surface area (Å²) in [5.41, 5.74) is -0.846. The van der Waals surface area contributed by atoms with E-state index in [9.17, 15) is 26.3 Å². The summed E-state index contributed by atoms with van der Waals surface area (Å²) in [6.45, 7) is 4.79. The Morgan fingerprint density at radius 3 is 1.00 bits per heavy atom. The first-order chi connectivity index (χ1) is 10.6. The van der Waals surface area contributed by atoms with Crippen LogP contribution in [0.2, 0.25) is 0 Å². The SMILES string of the molecule is Cc1c(C)c(F)c(Sc2c(F)c(C)c(C)c(F)c2F)c(F)c1F. The standard InChI is InChI=1S/C16H12F6S/c1-5-7(3)11(19)15(13(21)9(5)17)23-16-12(20)8(4)6(2)10(18)14(16)22/h1-4H3. The van der Waals surface area contributed by atoms with Crippen molar-refractivity contribution in [1.82, 2.24) is 0 Å². The van der Waals surface area contributed by atoms with Crippen molar-refractivity contribution in [2.75, 3.05) is 0 Å². The molecule has 0 aromatic heterocycles. The molecular formula is C16H12F6S. The van der Waals surface area contributed by atoms with Crippen LogP contribution in [0.5, 0.6) is 0 Å². The molecule has 0 saturated carbocycles. The minimum Gasteiger partial charge on any atom is -0.205 e. The Labute approximate surface area is 133 Å². The summed E-state index contributed by atoms with van der Waals surface area (Å²) in [7, 11) is 0. The second kappa shape index (κ2) is 6.11. The lowest BCUT2D eigenvalue weighted by molar-refractivity contribution is 0.451. The van der Waals surface area contributed by atoms with E-state index in [0.29, 0.717) is 0 Å². The van der Waals surface area contributed by atoms with E-state index < -0.39 is 44.7 Å². The van der Waals surface area contributed by atoms with Gasteiger partial charge in [0.1, 0.15) is 11.6 Å². The first kappa shape index (κ1) is 17.7. The zero-order valence-electron chi connectivity index (χ0n) is 12.7. The third kappa shape index (κ3) is 2.71. The Morgan fingerprint density at radius 1 is 0.435 bits per heavy atom. The monoisotopic (exact) mass is 350 g/mol. The van der Waals surface area contributed by atoms with Gasteiger partial charge in [-0.25, -0.2) is 26.3 Å². The van der Waals surface area contributed by atoms with Gasteiger partial charge in [-0.2, -0.15) is 0 Å². The van der Waals surface area contributed by atoms with E-state index in [4.69, 9.17) is 0 Å². The Morgan fingerprint density at radius 2 is 0.696 bits per heavy atom. The van der Waals surface area contributed by atoms with E-state index in [2.05, 4.69) is 0 Å². The van der Waals surface area contributed by atoms with Crippen LogP contribution in [0.3, 0.4) is 0 Å². The van der Waals surface area contributed by atoms with Gasteiger partial charge in [-0.05, 0) is 49.9 Å². The minimum atomic E-state index is -1.56. The van der Waals surface area contributed by atoms with Crippen molar-refractivity contribution in [3.63, 3.8) is 0 Å². The first-order valence-electron chi connectivity index (χ1n) is 6.54. The van der Waals surface area contributed by atoms with Gasteiger partial charge in [0.15, 0.2) is 23.3 Å². The van der Waals surface area contributed by atoms with Gasteiger partial charge in [0.2, 0.25) is 0 Å². The molecule has 0 heterocycles. The molecule has 0 aliphatic carbocycles. The quantitative estimate of drug-likeness (QED) is 0.479. The molecule has 0 N–H and O–H groups in total. The number of rotatable bonds is 2. The van der Waals surface area contributed by atoms with Crippen molar-refractivity contribution in [2.45, 2.75) is 37.5 Å². The molecule has 2 aromatic carbocycles. The molecule has 0 fully saturated rings. The Balaban J connectivity index is 2.71. The van der Waals surface area contributed by atoms with E-state index in [1.54, 1.807) is 0 Å². The van der Waals surface area contributed by atoms with Crippen LogP contribution in [-0.4, -0.2) is 0 Å². The van der Waals surface area contributed by atoms with Crippen LogP contribution in [0.4, 0.5) is 26.3 Å². The Hall–Kier alpha value is -1.63. The maximum absolute atomic E-state index is 14.2.